The van der Waals surface area contributed by atoms with Crippen LogP contribution in [0.4, 0.5) is 0 Å². The lowest BCUT2D eigenvalue weighted by atomic mass is 9.95. The average Bonchev–Trinajstić information content (AvgIpc) is 2.97. The molecule has 1 fully saturated rings. The molecule has 3 atom stereocenters. The summed E-state index contributed by atoms with van der Waals surface area (Å²) in [7, 11) is 0. The highest BCUT2D eigenvalue weighted by molar-refractivity contribution is 9.10. The van der Waals surface area contributed by atoms with Crippen molar-refractivity contribution < 1.29 is 9.47 Å². The van der Waals surface area contributed by atoms with Gasteiger partial charge in [0.05, 0.1) is 23.3 Å². The normalized spacial score (nSPS) is 24.5. The molecule has 0 saturated carbocycles. The van der Waals surface area contributed by atoms with Gasteiger partial charge in [-0.2, -0.15) is 0 Å². The molecule has 0 aromatic heterocycles. The monoisotopic (exact) mass is 298 g/mol. The quantitative estimate of drug-likeness (QED) is 0.763. The summed E-state index contributed by atoms with van der Waals surface area (Å²) < 4.78 is 12.0. The first-order valence-electron chi connectivity index (χ1n) is 6.19. The number of halogens is 1. The number of hydrogen-bond donors (Lipinski definition) is 0. The zero-order valence-electron chi connectivity index (χ0n) is 10.6. The maximum atomic E-state index is 5.51. The fourth-order valence-corrected chi connectivity index (χ4v) is 2.57. The van der Waals surface area contributed by atoms with E-state index in [9.17, 15) is 0 Å². The van der Waals surface area contributed by atoms with Gasteiger partial charge in [0.2, 0.25) is 0 Å². The Hall–Kier alpha value is -0.540. The molecule has 2 nitrogen and oxygen atoms in total. The first kappa shape index (κ1) is 12.9. The molecule has 3 unspecified atom stereocenters. The Labute approximate surface area is 111 Å². The molecule has 1 aromatic rings. The lowest BCUT2D eigenvalue weighted by Crippen LogP contribution is -2.01. The molecule has 0 radical (unpaired) electrons. The Morgan fingerprint density at radius 1 is 1.47 bits per heavy atom. The van der Waals surface area contributed by atoms with Crippen molar-refractivity contribution in [1.29, 1.82) is 0 Å². The highest BCUT2D eigenvalue weighted by atomic mass is 79.9. The van der Waals surface area contributed by atoms with Gasteiger partial charge in [0.25, 0.3) is 0 Å². The zero-order valence-corrected chi connectivity index (χ0v) is 12.2. The standard InChI is InChI=1S/C14H19BrO2/c1-4-16-13-6-5-11(8-12(13)15)9(2)7-14-10(3)17-14/h5-6,8-10,14H,4,7H2,1-3H3. The molecular weight excluding hydrogens is 280 g/mol. The lowest BCUT2D eigenvalue weighted by Gasteiger charge is -2.13. The van der Waals surface area contributed by atoms with E-state index in [1.807, 2.05) is 13.0 Å². The summed E-state index contributed by atoms with van der Waals surface area (Å²) in [6.45, 7) is 7.07. The zero-order chi connectivity index (χ0) is 12.4. The minimum absolute atomic E-state index is 0.448. The first-order valence-corrected chi connectivity index (χ1v) is 6.98. The van der Waals surface area contributed by atoms with Gasteiger partial charge < -0.3 is 9.47 Å². The van der Waals surface area contributed by atoms with Crippen LogP contribution in [0.3, 0.4) is 0 Å². The van der Waals surface area contributed by atoms with E-state index in [0.717, 1.165) is 16.6 Å². The Bertz CT molecular complexity index is 392. The average molecular weight is 299 g/mol. The predicted octanol–water partition coefficient (Wildman–Crippen LogP) is 4.13. The highest BCUT2D eigenvalue weighted by Crippen LogP contribution is 2.35. The summed E-state index contributed by atoms with van der Waals surface area (Å²) in [5.74, 6) is 1.44. The van der Waals surface area contributed by atoms with Gasteiger partial charge in [0.1, 0.15) is 5.75 Å². The molecule has 1 aliphatic heterocycles. The van der Waals surface area contributed by atoms with E-state index >= 15 is 0 Å². The molecule has 1 aliphatic rings. The van der Waals surface area contributed by atoms with Gasteiger partial charge in [0.15, 0.2) is 0 Å². The van der Waals surface area contributed by atoms with E-state index in [0.29, 0.717) is 24.7 Å². The first-order chi connectivity index (χ1) is 8.11. The molecule has 0 amide bonds. The van der Waals surface area contributed by atoms with Crippen molar-refractivity contribution in [1.82, 2.24) is 0 Å². The summed E-state index contributed by atoms with van der Waals surface area (Å²) in [5, 5.41) is 0. The van der Waals surface area contributed by atoms with Gasteiger partial charge in [0, 0.05) is 0 Å². The molecule has 1 saturated heterocycles. The van der Waals surface area contributed by atoms with Gasteiger partial charge in [-0.05, 0) is 59.8 Å². The van der Waals surface area contributed by atoms with Crippen LogP contribution >= 0.6 is 15.9 Å². The van der Waals surface area contributed by atoms with Crippen LogP contribution in [0.5, 0.6) is 5.75 Å². The third-order valence-corrected chi connectivity index (χ3v) is 3.87. The highest BCUT2D eigenvalue weighted by Gasteiger charge is 2.35. The topological polar surface area (TPSA) is 21.8 Å². The van der Waals surface area contributed by atoms with Gasteiger partial charge in [-0.1, -0.05) is 13.0 Å². The van der Waals surface area contributed by atoms with E-state index in [2.05, 4.69) is 41.9 Å². The summed E-state index contributed by atoms with van der Waals surface area (Å²) in [4.78, 5) is 0. The Balaban J connectivity index is 2.02. The number of epoxide rings is 1. The van der Waals surface area contributed by atoms with Crippen molar-refractivity contribution >= 4 is 15.9 Å². The van der Waals surface area contributed by atoms with E-state index < -0.39 is 0 Å². The van der Waals surface area contributed by atoms with E-state index in [4.69, 9.17) is 9.47 Å². The molecule has 0 spiro atoms. The van der Waals surface area contributed by atoms with Gasteiger partial charge >= 0.3 is 0 Å². The number of hydrogen-bond acceptors (Lipinski definition) is 2. The van der Waals surface area contributed by atoms with Crippen LogP contribution in [0.25, 0.3) is 0 Å². The second-order valence-electron chi connectivity index (χ2n) is 4.64. The summed E-state index contributed by atoms with van der Waals surface area (Å²) in [6.07, 6.45) is 2.00. The molecule has 0 aliphatic carbocycles. The smallest absolute Gasteiger partial charge is 0.133 e. The molecule has 1 aromatic carbocycles. The number of ether oxygens (including phenoxy) is 2. The fraction of sp³-hybridized carbons (Fsp3) is 0.571. The van der Waals surface area contributed by atoms with Crippen molar-refractivity contribution in [3.8, 4) is 5.75 Å². The minimum atomic E-state index is 0.448. The third kappa shape index (κ3) is 3.23. The molecule has 1 heterocycles. The minimum Gasteiger partial charge on any atom is -0.493 e. The molecule has 0 N–H and O–H groups in total. The van der Waals surface area contributed by atoms with E-state index in [-0.39, 0.29) is 0 Å². The van der Waals surface area contributed by atoms with Crippen LogP contribution in [0, 0.1) is 0 Å². The van der Waals surface area contributed by atoms with Crippen LogP contribution in [0.2, 0.25) is 0 Å². The number of benzene rings is 1. The molecular formula is C14H19BrO2. The van der Waals surface area contributed by atoms with Gasteiger partial charge in [-0.3, -0.25) is 0 Å². The Morgan fingerprint density at radius 2 is 2.18 bits per heavy atom. The summed E-state index contributed by atoms with van der Waals surface area (Å²) in [5.41, 5.74) is 1.34. The molecule has 2 rings (SSSR count). The Kier molecular flexibility index (Phi) is 4.10. The van der Waals surface area contributed by atoms with Gasteiger partial charge in [-0.15, -0.1) is 0 Å². The largest absolute Gasteiger partial charge is 0.493 e. The van der Waals surface area contributed by atoms with E-state index in [1.54, 1.807) is 0 Å². The molecule has 94 valence electrons. The van der Waals surface area contributed by atoms with Crippen molar-refractivity contribution in [2.24, 2.45) is 0 Å². The van der Waals surface area contributed by atoms with Crippen LogP contribution < -0.4 is 4.74 Å². The van der Waals surface area contributed by atoms with Crippen molar-refractivity contribution in [2.45, 2.75) is 45.3 Å². The molecule has 17 heavy (non-hydrogen) atoms. The van der Waals surface area contributed by atoms with Crippen molar-refractivity contribution in [3.63, 3.8) is 0 Å². The van der Waals surface area contributed by atoms with Gasteiger partial charge in [-0.25, -0.2) is 0 Å². The van der Waals surface area contributed by atoms with Crippen LogP contribution in [0.1, 0.15) is 38.7 Å². The lowest BCUT2D eigenvalue weighted by molar-refractivity contribution is 0.338. The Morgan fingerprint density at radius 3 is 2.71 bits per heavy atom. The second kappa shape index (κ2) is 5.40. The maximum absolute atomic E-state index is 5.51. The number of rotatable bonds is 5. The maximum Gasteiger partial charge on any atom is 0.133 e. The SMILES string of the molecule is CCOc1ccc(C(C)CC2OC2C)cc1Br. The van der Waals surface area contributed by atoms with Crippen LogP contribution in [-0.2, 0) is 4.74 Å². The molecule has 0 bridgehead atoms. The fourth-order valence-electron chi connectivity index (χ4n) is 2.06. The molecule has 3 heteroatoms. The van der Waals surface area contributed by atoms with Crippen LogP contribution in [-0.4, -0.2) is 18.8 Å². The van der Waals surface area contributed by atoms with Crippen molar-refractivity contribution in [2.75, 3.05) is 6.61 Å². The third-order valence-electron chi connectivity index (χ3n) is 3.25. The second-order valence-corrected chi connectivity index (χ2v) is 5.49. The van der Waals surface area contributed by atoms with Crippen molar-refractivity contribution in [3.05, 3.63) is 28.2 Å². The van der Waals surface area contributed by atoms with E-state index in [1.165, 1.54) is 5.56 Å². The van der Waals surface area contributed by atoms with Crippen LogP contribution in [0.15, 0.2) is 22.7 Å². The summed E-state index contributed by atoms with van der Waals surface area (Å²) >= 11 is 3.55. The summed E-state index contributed by atoms with van der Waals surface area (Å²) in [6, 6.07) is 6.34. The predicted molar refractivity (Wildman–Crippen MR) is 72.7 cm³/mol.